The lowest BCUT2D eigenvalue weighted by molar-refractivity contribution is 0.463. The minimum atomic E-state index is -3.96. The van der Waals surface area contributed by atoms with E-state index in [2.05, 4.69) is 21.0 Å². The summed E-state index contributed by atoms with van der Waals surface area (Å²) >= 11 is 1.20. The summed E-state index contributed by atoms with van der Waals surface area (Å²) in [6.07, 6.45) is 4.01. The molecule has 9 nitrogen and oxygen atoms in total. The van der Waals surface area contributed by atoms with Gasteiger partial charge in [-0.25, -0.2) is 14.2 Å². The molecule has 4 N–H and O–H groups in total. The molecule has 4 rings (SSSR count). The monoisotopic (exact) mass is 532 g/mol. The van der Waals surface area contributed by atoms with Crippen molar-refractivity contribution in [3.8, 4) is 5.75 Å². The van der Waals surface area contributed by atoms with Gasteiger partial charge < -0.3 is 14.9 Å². The summed E-state index contributed by atoms with van der Waals surface area (Å²) in [5, 5.41) is 2.67. The lowest BCUT2D eigenvalue weighted by atomic mass is 9.98. The quantitative estimate of drug-likeness (QED) is 0.264. The molecule has 1 saturated carbocycles. The molecule has 36 heavy (non-hydrogen) atoms. The largest absolute Gasteiger partial charge is 0.450 e. The topological polar surface area (TPSA) is 137 Å². The molecule has 1 aliphatic rings. The molecular formula is C24H25FN4O5S2. The molecule has 0 unspecified atom stereocenters. The van der Waals surface area contributed by atoms with Crippen molar-refractivity contribution in [2.45, 2.75) is 39.2 Å². The summed E-state index contributed by atoms with van der Waals surface area (Å²) in [6.45, 7) is 7.40. The first-order chi connectivity index (χ1) is 17.1. The summed E-state index contributed by atoms with van der Waals surface area (Å²) in [5.74, 6) is -0.832. The number of aromatic nitrogens is 1. The maximum absolute atomic E-state index is 15.2. The van der Waals surface area contributed by atoms with Crippen molar-refractivity contribution < 1.29 is 22.0 Å². The molecule has 0 amide bonds. The molecule has 12 heteroatoms. The van der Waals surface area contributed by atoms with Gasteiger partial charge in [0.2, 0.25) is 0 Å². The maximum Gasteiger partial charge on any atom is 0.340 e. The van der Waals surface area contributed by atoms with Gasteiger partial charge in [-0.1, -0.05) is 11.8 Å². The Hall–Kier alpha value is -3.35. The number of rotatable bonds is 10. The second-order valence-corrected chi connectivity index (χ2v) is 10.7. The van der Waals surface area contributed by atoms with Crippen LogP contribution in [0.2, 0.25) is 0 Å². The lowest BCUT2D eigenvalue weighted by Crippen LogP contribution is -2.32. The molecule has 190 valence electrons. The second-order valence-electron chi connectivity index (χ2n) is 8.33. The molecule has 0 radical (unpaired) electrons. The van der Waals surface area contributed by atoms with E-state index < -0.39 is 27.5 Å². The zero-order chi connectivity index (χ0) is 26.0. The number of anilines is 1. The summed E-state index contributed by atoms with van der Waals surface area (Å²) in [6, 6.07) is 4.67. The van der Waals surface area contributed by atoms with Crippen molar-refractivity contribution in [1.29, 1.82) is 0 Å². The first-order valence-electron chi connectivity index (χ1n) is 11.0. The normalized spacial score (nSPS) is 13.9. The van der Waals surface area contributed by atoms with Crippen molar-refractivity contribution in [2.24, 2.45) is 5.73 Å². The van der Waals surface area contributed by atoms with Crippen molar-refractivity contribution in [3.05, 3.63) is 86.2 Å². The van der Waals surface area contributed by atoms with Crippen LogP contribution >= 0.6 is 11.8 Å². The number of hydrogen-bond acceptors (Lipinski definition) is 8. The Kier molecular flexibility index (Phi) is 7.38. The molecule has 1 aromatic carbocycles. The Balaban J connectivity index is 1.64. The molecular weight excluding hydrogens is 507 g/mol. The highest BCUT2D eigenvalue weighted by Crippen LogP contribution is 2.31. The minimum absolute atomic E-state index is 0.0989. The molecule has 0 saturated heterocycles. The first-order valence-corrected chi connectivity index (χ1v) is 13.3. The Bertz CT molecular complexity index is 1530. The van der Waals surface area contributed by atoms with E-state index in [0.29, 0.717) is 27.4 Å². The predicted molar refractivity (Wildman–Crippen MR) is 138 cm³/mol. The lowest BCUT2D eigenvalue weighted by Gasteiger charge is -2.14. The van der Waals surface area contributed by atoms with Gasteiger partial charge in [0.15, 0.2) is 16.7 Å². The molecule has 0 spiro atoms. The van der Waals surface area contributed by atoms with E-state index in [1.165, 1.54) is 30.2 Å². The van der Waals surface area contributed by atoms with Crippen LogP contribution in [0, 0.1) is 19.7 Å². The summed E-state index contributed by atoms with van der Waals surface area (Å²) in [5.41, 5.74) is 6.75. The van der Waals surface area contributed by atoms with Crippen molar-refractivity contribution in [2.75, 3.05) is 4.72 Å². The van der Waals surface area contributed by atoms with Crippen LogP contribution < -0.4 is 25.5 Å². The van der Waals surface area contributed by atoms with E-state index in [1.54, 1.807) is 18.4 Å². The number of aryl methyl sites for hydroxylation is 2. The summed E-state index contributed by atoms with van der Waals surface area (Å²) < 4.78 is 55.3. The van der Waals surface area contributed by atoms with Gasteiger partial charge in [-0.05, 0) is 67.5 Å². The highest BCUT2D eigenvalue weighted by atomic mass is 32.2. The Morgan fingerprint density at radius 3 is 2.83 bits per heavy atom. The molecule has 1 aliphatic carbocycles. The number of thioether (sulfide) groups is 1. The number of fused-ring (bicyclic) bond motifs is 1. The highest BCUT2D eigenvalue weighted by molar-refractivity contribution is 8.05. The highest BCUT2D eigenvalue weighted by Gasteiger charge is 2.28. The Morgan fingerprint density at radius 2 is 2.14 bits per heavy atom. The molecule has 2 aromatic heterocycles. The molecule has 0 atom stereocenters. The van der Waals surface area contributed by atoms with E-state index in [-0.39, 0.29) is 23.6 Å². The van der Waals surface area contributed by atoms with Crippen molar-refractivity contribution in [3.63, 3.8) is 0 Å². The SMILES string of the molecule is C=C(Oc1cc2oc(=O)c(Cc3ccnc(NS(=O)(=O)NC4CC4)c3F)c(C)c2cc1C)S/C=C\N. The van der Waals surface area contributed by atoms with E-state index in [9.17, 15) is 13.2 Å². The third-order valence-corrected chi connectivity index (χ3v) is 7.30. The van der Waals surface area contributed by atoms with Gasteiger partial charge >= 0.3 is 15.8 Å². The number of nitrogens with zero attached hydrogens (tertiary/aromatic N) is 1. The fraction of sp³-hybridized carbons (Fsp3) is 0.250. The van der Waals surface area contributed by atoms with E-state index in [1.807, 2.05) is 13.0 Å². The van der Waals surface area contributed by atoms with E-state index >= 15 is 4.39 Å². The summed E-state index contributed by atoms with van der Waals surface area (Å²) in [4.78, 5) is 16.7. The zero-order valence-corrected chi connectivity index (χ0v) is 21.3. The van der Waals surface area contributed by atoms with E-state index in [4.69, 9.17) is 14.9 Å². The Morgan fingerprint density at radius 1 is 1.39 bits per heavy atom. The van der Waals surface area contributed by atoms with Gasteiger partial charge in [0.05, 0.1) is 0 Å². The number of pyridine rings is 1. The van der Waals surface area contributed by atoms with Crippen LogP contribution in [0.5, 0.6) is 5.75 Å². The molecule has 0 bridgehead atoms. The first kappa shape index (κ1) is 25.7. The van der Waals surface area contributed by atoms with Crippen LogP contribution in [0.4, 0.5) is 10.2 Å². The van der Waals surface area contributed by atoms with Gasteiger partial charge in [0, 0.05) is 41.9 Å². The second kappa shape index (κ2) is 10.3. The predicted octanol–water partition coefficient (Wildman–Crippen LogP) is 3.96. The van der Waals surface area contributed by atoms with Gasteiger partial charge in [-0.3, -0.25) is 4.72 Å². The number of nitrogens with two attached hydrogens (primary N) is 1. The number of benzene rings is 1. The summed E-state index contributed by atoms with van der Waals surface area (Å²) in [7, 11) is -3.96. The molecule has 1 fully saturated rings. The van der Waals surface area contributed by atoms with Gasteiger partial charge in [-0.2, -0.15) is 13.1 Å². The van der Waals surface area contributed by atoms with Crippen molar-refractivity contribution >= 4 is 38.8 Å². The number of nitrogens with one attached hydrogen (secondary N) is 2. The number of ether oxygens (including phenoxy) is 1. The van der Waals surface area contributed by atoms with Crippen LogP contribution in [0.1, 0.15) is 35.1 Å². The van der Waals surface area contributed by atoms with Crippen molar-refractivity contribution in [1.82, 2.24) is 9.71 Å². The molecule has 3 aromatic rings. The smallest absolute Gasteiger partial charge is 0.340 e. The zero-order valence-electron chi connectivity index (χ0n) is 19.6. The third kappa shape index (κ3) is 5.89. The van der Waals surface area contributed by atoms with Crippen LogP contribution in [-0.2, 0) is 16.6 Å². The number of halogens is 1. The Labute approximate surface area is 211 Å². The fourth-order valence-corrected chi connectivity index (χ4v) is 5.06. The standard InChI is InChI=1S/C24H25FN4O5S2/c1-13-10-18-14(2)19(24(30)34-21(18)12-20(13)33-15(3)35-9-7-26)11-16-6-8-27-23(22(16)25)29-36(31,32)28-17-4-5-17/h6-10,12,17,28H,3-5,11,26H2,1-2H3,(H,27,29)/b9-7-. The van der Waals surface area contributed by atoms with Gasteiger partial charge in [0.1, 0.15) is 11.3 Å². The average molecular weight is 533 g/mol. The third-order valence-electron chi connectivity index (χ3n) is 5.55. The van der Waals surface area contributed by atoms with Crippen LogP contribution in [0.3, 0.4) is 0 Å². The molecule has 2 heterocycles. The minimum Gasteiger partial charge on any atom is -0.450 e. The van der Waals surface area contributed by atoms with Gasteiger partial charge in [0.25, 0.3) is 0 Å². The fourth-order valence-electron chi connectivity index (χ4n) is 3.56. The number of hydrogen-bond donors (Lipinski definition) is 3. The van der Waals surface area contributed by atoms with Gasteiger partial charge in [-0.15, -0.1) is 0 Å². The van der Waals surface area contributed by atoms with E-state index in [0.717, 1.165) is 18.4 Å². The maximum atomic E-state index is 15.2. The van der Waals surface area contributed by atoms with Crippen LogP contribution in [0.15, 0.2) is 56.9 Å². The molecule has 0 aliphatic heterocycles. The average Bonchev–Trinajstić information content (AvgIpc) is 3.62. The van der Waals surface area contributed by atoms with Crippen LogP contribution in [0.25, 0.3) is 11.0 Å². The van der Waals surface area contributed by atoms with Crippen LogP contribution in [-0.4, -0.2) is 19.4 Å².